The van der Waals surface area contributed by atoms with E-state index in [9.17, 15) is 0 Å². The summed E-state index contributed by atoms with van der Waals surface area (Å²) in [5, 5.41) is 0. The molecule has 0 aromatic rings. The van der Waals surface area contributed by atoms with Gasteiger partial charge in [-0.25, -0.2) is 0 Å². The van der Waals surface area contributed by atoms with Crippen molar-refractivity contribution < 1.29 is 0 Å². The highest BCUT2D eigenvalue weighted by atomic mass is 79.9. The summed E-state index contributed by atoms with van der Waals surface area (Å²) in [7, 11) is 0.755. The van der Waals surface area contributed by atoms with E-state index in [2.05, 4.69) is 15.9 Å². The molecule has 0 aliphatic heterocycles. The van der Waals surface area contributed by atoms with E-state index in [0.29, 0.717) is 0 Å². The van der Waals surface area contributed by atoms with Crippen molar-refractivity contribution in [2.75, 3.05) is 0 Å². The van der Waals surface area contributed by atoms with Gasteiger partial charge in [0.05, 0.1) is 10.2 Å². The second-order valence-electron chi connectivity index (χ2n) is 0.781. The second-order valence-corrected chi connectivity index (χ2v) is 9.22. The van der Waals surface area contributed by atoms with Gasteiger partial charge in [0, 0.05) is 0 Å². The molecule has 0 aliphatic rings. The lowest BCUT2D eigenvalue weighted by atomic mass is 11.8. The minimum atomic E-state index is -0.604. The first-order chi connectivity index (χ1) is 2.00. The lowest BCUT2D eigenvalue weighted by Gasteiger charge is -1.95. The van der Waals surface area contributed by atoms with Crippen LogP contribution in [0.3, 0.4) is 0 Å². The van der Waals surface area contributed by atoms with E-state index in [-0.39, 0.29) is 0 Å². The Morgan fingerprint density at radius 2 is 1.60 bits per heavy atom. The van der Waals surface area contributed by atoms with Crippen LogP contribution in [0.2, 0.25) is 0 Å². The molecule has 32 valence electrons. The third-order valence-corrected chi connectivity index (χ3v) is 0. The van der Waals surface area contributed by atoms with Gasteiger partial charge in [0.25, 0.3) is 0 Å². The fourth-order valence-corrected chi connectivity index (χ4v) is 0. The summed E-state index contributed by atoms with van der Waals surface area (Å²) in [6.07, 6.45) is 0. The van der Waals surface area contributed by atoms with Crippen molar-refractivity contribution in [1.29, 1.82) is 0 Å². The topological polar surface area (TPSA) is 0 Å². The van der Waals surface area contributed by atoms with Gasteiger partial charge in [-0.15, -0.1) is 0 Å². The number of hydrogen-bond donors (Lipinski definition) is 0. The Morgan fingerprint density at radius 3 is 1.60 bits per heavy atom. The fraction of sp³-hybridized carbons (Fsp3) is 1.00. The molecule has 0 radical (unpaired) electrons. The molecule has 0 bridgehead atoms. The number of rotatable bonds is 0. The molecule has 0 saturated carbocycles. The van der Waals surface area contributed by atoms with Gasteiger partial charge in [-0.1, -0.05) is 39.1 Å². The molecule has 0 rings (SSSR count). The van der Waals surface area contributed by atoms with Crippen LogP contribution in [0.15, 0.2) is 0 Å². The van der Waals surface area contributed by atoms with Crippen molar-refractivity contribution in [2.24, 2.45) is 0 Å². The summed E-state index contributed by atoms with van der Waals surface area (Å²) >= 11 is 13.5. The summed E-state index contributed by atoms with van der Waals surface area (Å²) in [4.78, 5) is 0. The van der Waals surface area contributed by atoms with E-state index < -0.39 is 2.87 Å². The predicted molar refractivity (Wildman–Crippen MR) is 33.3 cm³/mol. The molecule has 0 nitrogen and oxygen atoms in total. The van der Waals surface area contributed by atoms with E-state index in [1.165, 1.54) is 0 Å². The van der Waals surface area contributed by atoms with Gasteiger partial charge in [0.2, 0.25) is 0 Å². The molecule has 5 heavy (non-hydrogen) atoms. The van der Waals surface area contributed by atoms with Crippen molar-refractivity contribution in [1.82, 2.24) is 0 Å². The maximum Gasteiger partial charge on any atom is 0.148 e. The van der Waals surface area contributed by atoms with Crippen molar-refractivity contribution in [3.05, 3.63) is 0 Å². The molecule has 0 unspecified atom stereocenters. The molecule has 0 amide bonds. The second kappa shape index (κ2) is 1.82. The van der Waals surface area contributed by atoms with Crippen molar-refractivity contribution >= 4 is 49.4 Å². The number of alkyl halides is 3. The van der Waals surface area contributed by atoms with E-state index >= 15 is 0 Å². The van der Waals surface area contributed by atoms with E-state index in [4.69, 9.17) is 23.2 Å². The first kappa shape index (κ1) is 6.28. The van der Waals surface area contributed by atoms with Gasteiger partial charge in [0.15, 0.2) is 0 Å². The third-order valence-electron chi connectivity index (χ3n) is 0. The predicted octanol–water partition coefficient (Wildman–Crippen LogP) is 0.836. The fourth-order valence-electron chi connectivity index (χ4n) is 0. The summed E-state index contributed by atoms with van der Waals surface area (Å²) in [6, 6.07) is 0. The highest BCUT2D eigenvalue weighted by Crippen LogP contribution is 2.22. The molecule has 0 atom stereocenters. The zero-order valence-corrected chi connectivity index (χ0v) is 7.73. The lowest BCUT2D eigenvalue weighted by molar-refractivity contribution is 1.84. The monoisotopic (exact) mass is 192 g/mol. The van der Waals surface area contributed by atoms with Gasteiger partial charge in [-0.05, 0) is 0 Å². The van der Waals surface area contributed by atoms with Crippen LogP contribution in [-0.4, -0.2) is 13.1 Å². The maximum atomic E-state index is 5.27. The Kier molecular flexibility index (Phi) is 2.29. The molecule has 0 aromatic heterocycles. The Bertz CT molecular complexity index is 25.1. The first-order valence-corrected chi connectivity index (χ1v) is 3.62. The Labute approximate surface area is 52.4 Å². The minimum absolute atomic E-state index is 0.604. The van der Waals surface area contributed by atoms with Crippen LogP contribution in [0.1, 0.15) is 0 Å². The third kappa shape index (κ3) is 34.8. The molecule has 0 fully saturated rings. The molecule has 0 saturated heterocycles. The lowest BCUT2D eigenvalue weighted by Crippen LogP contribution is -1.95. The van der Waals surface area contributed by atoms with E-state index in [0.717, 1.165) is 10.2 Å². The summed E-state index contributed by atoms with van der Waals surface area (Å²) in [5.74, 6) is 0. The average Bonchev–Trinajstić information content (AvgIpc) is 0.722. The van der Waals surface area contributed by atoms with Crippen molar-refractivity contribution in [3.8, 4) is 0 Å². The van der Waals surface area contributed by atoms with Crippen LogP contribution in [0.4, 0.5) is 0 Å². The summed E-state index contributed by atoms with van der Waals surface area (Å²) < 4.78 is -0.604. The van der Waals surface area contributed by atoms with E-state index in [1.807, 2.05) is 0 Å². The van der Waals surface area contributed by atoms with Gasteiger partial charge in [-0.3, -0.25) is 0 Å². The standard InChI is InChI=1S/CH3BrCl2Si/c2-1(3,4)5/h5H3. The summed E-state index contributed by atoms with van der Waals surface area (Å²) in [6.45, 7) is 0. The Hall–Kier alpha value is 1.28. The quantitative estimate of drug-likeness (QED) is 0.395. The molecular weight excluding hydrogens is 191 g/mol. The SMILES string of the molecule is [SiH3]C(Cl)(Cl)Br. The molecule has 0 heterocycles. The number of halogens is 3. The number of hydrogen-bond acceptors (Lipinski definition) is 0. The van der Waals surface area contributed by atoms with Crippen molar-refractivity contribution in [2.45, 2.75) is 2.87 Å². The normalized spacial score (nSPS) is 12.6. The summed E-state index contributed by atoms with van der Waals surface area (Å²) in [5.41, 5.74) is 0. The van der Waals surface area contributed by atoms with Crippen LogP contribution < -0.4 is 0 Å². The Morgan fingerprint density at radius 1 is 1.60 bits per heavy atom. The van der Waals surface area contributed by atoms with Gasteiger partial charge in [-0.2, -0.15) is 0 Å². The van der Waals surface area contributed by atoms with Crippen LogP contribution in [-0.2, 0) is 0 Å². The molecule has 0 aliphatic carbocycles. The average molecular weight is 194 g/mol. The minimum Gasteiger partial charge on any atom is -0.0945 e. The zero-order valence-electron chi connectivity index (χ0n) is 2.63. The van der Waals surface area contributed by atoms with Crippen LogP contribution in [0.5, 0.6) is 0 Å². The van der Waals surface area contributed by atoms with Crippen LogP contribution in [0.25, 0.3) is 0 Å². The molecule has 0 aromatic carbocycles. The van der Waals surface area contributed by atoms with Crippen LogP contribution >= 0.6 is 39.1 Å². The molecule has 0 N–H and O–H groups in total. The van der Waals surface area contributed by atoms with E-state index in [1.54, 1.807) is 0 Å². The van der Waals surface area contributed by atoms with Crippen molar-refractivity contribution in [3.63, 3.8) is 0 Å². The Balaban J connectivity index is 3.02. The van der Waals surface area contributed by atoms with Gasteiger partial charge in [0.1, 0.15) is 2.87 Å². The highest BCUT2D eigenvalue weighted by Gasteiger charge is 2.06. The molecule has 4 heteroatoms. The largest absolute Gasteiger partial charge is 0.148 e. The highest BCUT2D eigenvalue weighted by molar-refractivity contribution is 9.11. The maximum absolute atomic E-state index is 5.27. The van der Waals surface area contributed by atoms with Crippen LogP contribution in [0, 0.1) is 0 Å². The van der Waals surface area contributed by atoms with Gasteiger partial charge < -0.3 is 0 Å². The zero-order chi connectivity index (χ0) is 4.50. The van der Waals surface area contributed by atoms with Gasteiger partial charge >= 0.3 is 0 Å². The first-order valence-electron chi connectivity index (χ1n) is 1.07. The smallest absolute Gasteiger partial charge is 0.0945 e. The molecule has 0 spiro atoms. The molecular formula is CH3BrCl2Si.